The molecule has 2 saturated carbocycles. The lowest BCUT2D eigenvalue weighted by Crippen LogP contribution is -2.62. The van der Waals surface area contributed by atoms with Gasteiger partial charge in [-0.25, -0.2) is 4.98 Å². The zero-order valence-corrected chi connectivity index (χ0v) is 29.4. The molecule has 0 spiro atoms. The van der Waals surface area contributed by atoms with Crippen molar-refractivity contribution in [2.45, 2.75) is 135 Å². The minimum Gasteiger partial charge on any atom is -0.347 e. The van der Waals surface area contributed by atoms with Gasteiger partial charge in [-0.15, -0.1) is 0 Å². The number of Topliss-reactive ketones (excluding diaryl/α,β-unsaturated/α-hetero) is 1. The van der Waals surface area contributed by atoms with Crippen molar-refractivity contribution >= 4 is 35.3 Å². The van der Waals surface area contributed by atoms with Gasteiger partial charge in [-0.05, 0) is 55.8 Å². The average molecular weight is 680 g/mol. The zero-order valence-electron chi connectivity index (χ0n) is 29.4. The van der Waals surface area contributed by atoms with Crippen molar-refractivity contribution in [1.82, 2.24) is 35.7 Å². The first kappa shape index (κ1) is 36.4. The van der Waals surface area contributed by atoms with Crippen molar-refractivity contribution in [3.05, 3.63) is 24.3 Å². The maximum atomic E-state index is 14.5. The van der Waals surface area contributed by atoms with E-state index in [-0.39, 0.29) is 35.4 Å². The molecule has 2 saturated heterocycles. The third kappa shape index (κ3) is 9.02. The molecule has 1 aromatic heterocycles. The number of nitrogens with zero attached hydrogens (tertiary/aromatic N) is 4. The highest BCUT2D eigenvalue weighted by Gasteiger charge is 2.49. The second kappa shape index (κ2) is 15.8. The lowest BCUT2D eigenvalue weighted by Gasteiger charge is -2.39. The van der Waals surface area contributed by atoms with E-state index in [0.717, 1.165) is 44.9 Å². The van der Waals surface area contributed by atoms with Crippen molar-refractivity contribution in [1.29, 1.82) is 0 Å². The Kier molecular flexibility index (Phi) is 11.7. The number of rotatable bonds is 13. The summed E-state index contributed by atoms with van der Waals surface area (Å²) >= 11 is 0. The van der Waals surface area contributed by atoms with Gasteiger partial charge in [-0.2, -0.15) is 0 Å². The fourth-order valence-corrected chi connectivity index (χ4v) is 7.57. The Labute approximate surface area is 289 Å². The van der Waals surface area contributed by atoms with E-state index in [1.54, 1.807) is 4.90 Å². The van der Waals surface area contributed by atoms with Crippen LogP contribution in [0.25, 0.3) is 0 Å². The van der Waals surface area contributed by atoms with Gasteiger partial charge in [0.05, 0.1) is 6.20 Å². The molecule has 3 N–H and O–H groups in total. The Balaban J connectivity index is 1.34. The number of hydrogen-bond acceptors (Lipinski definition) is 8. The number of likely N-dealkylation sites (tertiary alicyclic amines) is 2. The molecular formula is C36H53N7O6. The van der Waals surface area contributed by atoms with Gasteiger partial charge in [0.2, 0.25) is 23.5 Å². The minimum absolute atomic E-state index is 0.0230. The predicted molar refractivity (Wildman–Crippen MR) is 181 cm³/mol. The number of aromatic nitrogens is 2. The molecule has 5 amide bonds. The van der Waals surface area contributed by atoms with E-state index in [1.807, 2.05) is 27.7 Å². The first-order chi connectivity index (χ1) is 23.4. The molecule has 5 atom stereocenters. The van der Waals surface area contributed by atoms with Crippen LogP contribution < -0.4 is 16.0 Å². The summed E-state index contributed by atoms with van der Waals surface area (Å²) in [6.07, 6.45) is 13.6. The van der Waals surface area contributed by atoms with E-state index in [0.29, 0.717) is 45.2 Å². The topological polar surface area (TPSA) is 171 Å². The third-order valence-corrected chi connectivity index (χ3v) is 10.5. The van der Waals surface area contributed by atoms with Crippen LogP contribution in [0, 0.1) is 17.3 Å². The summed E-state index contributed by atoms with van der Waals surface area (Å²) in [6.45, 7) is 8.22. The molecule has 0 aromatic carbocycles. The van der Waals surface area contributed by atoms with Gasteiger partial charge in [0.25, 0.3) is 11.8 Å². The first-order valence-corrected chi connectivity index (χ1v) is 18.2. The van der Waals surface area contributed by atoms with Crippen LogP contribution in [-0.4, -0.2) is 98.4 Å². The highest BCUT2D eigenvalue weighted by Crippen LogP contribution is 2.35. The summed E-state index contributed by atoms with van der Waals surface area (Å²) in [5, 5.41) is 8.61. The van der Waals surface area contributed by atoms with Gasteiger partial charge >= 0.3 is 0 Å². The van der Waals surface area contributed by atoms with Crippen LogP contribution in [0.3, 0.4) is 0 Å². The summed E-state index contributed by atoms with van der Waals surface area (Å²) in [6, 6.07) is -3.54. The largest absolute Gasteiger partial charge is 0.347 e. The standard InChI is InChI=1S/C36H53N7O6/c1-5-9-27(29(44)33(47)39-24-12-13-24)42-17-14-23-19-28(34(42)48)43(21-23)35(49)30(36(2,3)4)41-31(45)25(18-22-10-7-6-8-11-22)40-32(46)26-20-37-15-16-38-26/h15-16,20,22-25,27-28,30H,5-14,17-19,21H2,1-4H3,(H,39,47)(H,40,46)(H,41,45)/t23-,25+,27+,28+,30-/m1/s1. The lowest BCUT2D eigenvalue weighted by molar-refractivity contribution is -0.152. The van der Waals surface area contributed by atoms with E-state index in [1.165, 1.54) is 23.5 Å². The maximum Gasteiger partial charge on any atom is 0.289 e. The normalized spacial score (nSPS) is 23.2. The van der Waals surface area contributed by atoms with Gasteiger partial charge in [-0.3, -0.25) is 33.8 Å². The monoisotopic (exact) mass is 679 g/mol. The molecule has 13 nitrogen and oxygen atoms in total. The first-order valence-electron chi connectivity index (χ1n) is 18.2. The number of hydrogen-bond donors (Lipinski definition) is 3. The Morgan fingerprint density at radius 1 is 0.980 bits per heavy atom. The molecule has 3 heterocycles. The fourth-order valence-electron chi connectivity index (χ4n) is 7.57. The van der Waals surface area contributed by atoms with E-state index in [4.69, 9.17) is 0 Å². The molecule has 2 aliphatic carbocycles. The van der Waals surface area contributed by atoms with Crippen LogP contribution in [0.15, 0.2) is 18.6 Å². The molecule has 0 unspecified atom stereocenters. The smallest absolute Gasteiger partial charge is 0.289 e. The molecule has 4 fully saturated rings. The Morgan fingerprint density at radius 3 is 2.35 bits per heavy atom. The predicted octanol–water partition coefficient (Wildman–Crippen LogP) is 2.54. The molecule has 1 aromatic rings. The van der Waals surface area contributed by atoms with Crippen LogP contribution in [-0.2, 0) is 24.0 Å². The third-order valence-electron chi connectivity index (χ3n) is 10.5. The van der Waals surface area contributed by atoms with Gasteiger partial charge in [0.1, 0.15) is 29.9 Å². The number of nitrogens with one attached hydrogen (secondary N) is 3. The van der Waals surface area contributed by atoms with Gasteiger partial charge in [-0.1, -0.05) is 66.2 Å². The highest BCUT2D eigenvalue weighted by atomic mass is 16.2. The molecular weight excluding hydrogens is 626 g/mol. The molecule has 13 heteroatoms. The number of ketones is 1. The minimum atomic E-state index is -0.985. The number of carbonyl (C=O) groups excluding carboxylic acids is 6. The molecule has 268 valence electrons. The quantitative estimate of drug-likeness (QED) is 0.267. The Bertz CT molecular complexity index is 1390. The van der Waals surface area contributed by atoms with Crippen LogP contribution in [0.5, 0.6) is 0 Å². The van der Waals surface area contributed by atoms with Gasteiger partial charge in [0.15, 0.2) is 0 Å². The van der Waals surface area contributed by atoms with Gasteiger partial charge in [0, 0.05) is 31.5 Å². The Hall–Kier alpha value is -3.90. The fraction of sp³-hybridized carbons (Fsp3) is 0.722. The molecule has 49 heavy (non-hydrogen) atoms. The summed E-state index contributed by atoms with van der Waals surface area (Å²) in [4.78, 5) is 93.1. The van der Waals surface area contributed by atoms with Crippen molar-refractivity contribution in [3.8, 4) is 0 Å². The second-order valence-corrected chi connectivity index (χ2v) is 15.5. The van der Waals surface area contributed by atoms with E-state index < -0.39 is 53.1 Å². The summed E-state index contributed by atoms with van der Waals surface area (Å²) in [7, 11) is 0. The van der Waals surface area contributed by atoms with E-state index >= 15 is 0 Å². The highest BCUT2D eigenvalue weighted by molar-refractivity contribution is 6.38. The number of fused-ring (bicyclic) bond motifs is 2. The zero-order chi connectivity index (χ0) is 35.3. The maximum absolute atomic E-state index is 14.5. The SMILES string of the molecule is CCC[C@@H](C(=O)C(=O)NC1CC1)N1CC[C@@H]2C[C@@H](C1=O)N(C(=O)[C@@H](NC(=O)[C@H](CC1CCCCC1)NC(=O)c1cnccn1)C(C)(C)C)C2. The summed E-state index contributed by atoms with van der Waals surface area (Å²) in [5.74, 6) is -2.63. The number of amides is 5. The molecule has 2 bridgehead atoms. The molecule has 0 radical (unpaired) electrons. The molecule has 4 aliphatic rings. The Morgan fingerprint density at radius 2 is 1.71 bits per heavy atom. The van der Waals surface area contributed by atoms with E-state index in [9.17, 15) is 28.8 Å². The second-order valence-electron chi connectivity index (χ2n) is 15.5. The van der Waals surface area contributed by atoms with Crippen LogP contribution in [0.1, 0.15) is 115 Å². The lowest BCUT2D eigenvalue weighted by atomic mass is 9.83. The van der Waals surface area contributed by atoms with Crippen LogP contribution in [0.4, 0.5) is 0 Å². The molecule has 2 aliphatic heterocycles. The van der Waals surface area contributed by atoms with Crippen molar-refractivity contribution < 1.29 is 28.8 Å². The van der Waals surface area contributed by atoms with Crippen molar-refractivity contribution in [3.63, 3.8) is 0 Å². The number of carbonyl (C=O) groups is 6. The summed E-state index contributed by atoms with van der Waals surface area (Å²) < 4.78 is 0. The van der Waals surface area contributed by atoms with E-state index in [2.05, 4.69) is 25.9 Å². The van der Waals surface area contributed by atoms with Crippen LogP contribution in [0.2, 0.25) is 0 Å². The van der Waals surface area contributed by atoms with Crippen LogP contribution >= 0.6 is 0 Å². The van der Waals surface area contributed by atoms with Gasteiger partial charge < -0.3 is 25.8 Å². The summed E-state index contributed by atoms with van der Waals surface area (Å²) in [5.41, 5.74) is -0.630. The molecule has 5 rings (SSSR count). The van der Waals surface area contributed by atoms with Crippen molar-refractivity contribution in [2.75, 3.05) is 13.1 Å². The van der Waals surface area contributed by atoms with Crippen molar-refractivity contribution in [2.24, 2.45) is 17.3 Å². The average Bonchev–Trinajstić information content (AvgIpc) is 3.82.